The molecule has 0 aromatic carbocycles. The summed E-state index contributed by atoms with van der Waals surface area (Å²) in [4.78, 5) is 37.3. The van der Waals surface area contributed by atoms with Gasteiger partial charge in [0, 0.05) is 12.8 Å². The van der Waals surface area contributed by atoms with Gasteiger partial charge in [-0.2, -0.15) is 0 Å². The molecule has 0 aromatic rings. The van der Waals surface area contributed by atoms with Crippen LogP contribution in [0.1, 0.15) is 92.4 Å². The first-order valence-corrected chi connectivity index (χ1v) is 11.9. The summed E-state index contributed by atoms with van der Waals surface area (Å²) in [5, 5.41) is 2.90. The maximum atomic E-state index is 12.8. The van der Waals surface area contributed by atoms with Crippen LogP contribution in [0.15, 0.2) is 22.8 Å². The highest BCUT2D eigenvalue weighted by Crippen LogP contribution is 2.35. The molecule has 1 amide bonds. The van der Waals surface area contributed by atoms with E-state index in [0.29, 0.717) is 17.6 Å². The quantitative estimate of drug-likeness (QED) is 0.306. The number of carbonyl (C=O) groups is 3. The summed E-state index contributed by atoms with van der Waals surface area (Å²) in [5.74, 6) is -1.58. The first-order valence-electron chi connectivity index (χ1n) is 11.9. The van der Waals surface area contributed by atoms with Crippen molar-refractivity contribution in [3.8, 4) is 0 Å². The molecule has 6 heteroatoms. The van der Waals surface area contributed by atoms with E-state index in [-0.39, 0.29) is 31.1 Å². The topological polar surface area (TPSA) is 81.7 Å². The van der Waals surface area contributed by atoms with Crippen LogP contribution >= 0.6 is 0 Å². The molecule has 176 valence electrons. The fraction of sp³-hybridized carbons (Fsp3) is 0.720. The smallest absolute Gasteiger partial charge is 0.338 e. The summed E-state index contributed by atoms with van der Waals surface area (Å²) in [6, 6.07) is -0.362. The van der Waals surface area contributed by atoms with Crippen LogP contribution in [0.3, 0.4) is 0 Å². The number of hydrogen-bond acceptors (Lipinski definition) is 5. The van der Waals surface area contributed by atoms with Gasteiger partial charge in [0.15, 0.2) is 0 Å². The van der Waals surface area contributed by atoms with Crippen molar-refractivity contribution in [3.05, 3.63) is 22.8 Å². The van der Waals surface area contributed by atoms with Gasteiger partial charge in [-0.05, 0) is 32.3 Å². The number of rotatable bonds is 14. The zero-order valence-electron chi connectivity index (χ0n) is 20.1. The molecule has 0 aliphatic heterocycles. The third-order valence-corrected chi connectivity index (χ3v) is 5.61. The highest BCUT2D eigenvalue weighted by molar-refractivity contribution is 6.04. The number of amides is 1. The lowest BCUT2D eigenvalue weighted by atomic mass is 9.79. The van der Waals surface area contributed by atoms with Gasteiger partial charge in [0.2, 0.25) is 5.91 Å². The lowest BCUT2D eigenvalue weighted by molar-refractivity contribution is -0.142. The monoisotopic (exact) mass is 435 g/mol. The molecule has 6 nitrogen and oxygen atoms in total. The highest BCUT2D eigenvalue weighted by Gasteiger charge is 2.37. The number of hydrogen-bond donors (Lipinski definition) is 1. The summed E-state index contributed by atoms with van der Waals surface area (Å²) in [6.07, 6.45) is 12.0. The number of esters is 2. The summed E-state index contributed by atoms with van der Waals surface area (Å²) >= 11 is 0. The molecule has 1 aliphatic carbocycles. The minimum Gasteiger partial charge on any atom is -0.463 e. The van der Waals surface area contributed by atoms with Crippen molar-refractivity contribution in [3.63, 3.8) is 0 Å². The van der Waals surface area contributed by atoms with Crippen LogP contribution in [-0.4, -0.2) is 37.1 Å². The van der Waals surface area contributed by atoms with Crippen molar-refractivity contribution in [2.45, 2.75) is 98.4 Å². The maximum Gasteiger partial charge on any atom is 0.338 e. The molecule has 0 heterocycles. The molecule has 1 aliphatic rings. The van der Waals surface area contributed by atoms with Gasteiger partial charge in [-0.3, -0.25) is 4.79 Å². The van der Waals surface area contributed by atoms with Crippen LogP contribution in [0.2, 0.25) is 0 Å². The predicted molar refractivity (Wildman–Crippen MR) is 122 cm³/mol. The van der Waals surface area contributed by atoms with Crippen molar-refractivity contribution < 1.29 is 23.9 Å². The Morgan fingerprint density at radius 1 is 0.871 bits per heavy atom. The Bertz CT molecular complexity index is 665. The molecule has 0 radical (unpaired) electrons. The minimum atomic E-state index is -0.519. The van der Waals surface area contributed by atoms with Crippen LogP contribution in [0, 0.1) is 5.92 Å². The van der Waals surface area contributed by atoms with Gasteiger partial charge >= 0.3 is 11.9 Å². The lowest BCUT2D eigenvalue weighted by Crippen LogP contribution is -2.42. The maximum absolute atomic E-state index is 12.8. The zero-order valence-corrected chi connectivity index (χ0v) is 20.1. The number of ether oxygens (including phenoxy) is 2. The first kappa shape index (κ1) is 26.9. The van der Waals surface area contributed by atoms with E-state index in [1.807, 2.05) is 13.0 Å². The van der Waals surface area contributed by atoms with Gasteiger partial charge in [-0.15, -0.1) is 0 Å². The molecule has 0 saturated carbocycles. The number of carbonyl (C=O) groups excluding carboxylic acids is 3. The molecule has 1 rings (SSSR count). The summed E-state index contributed by atoms with van der Waals surface area (Å²) in [5.41, 5.74) is 1.39. The van der Waals surface area contributed by atoms with Gasteiger partial charge in [0.1, 0.15) is 0 Å². The largest absolute Gasteiger partial charge is 0.463 e. The van der Waals surface area contributed by atoms with Crippen molar-refractivity contribution in [1.82, 2.24) is 5.32 Å². The molecule has 0 fully saturated rings. The van der Waals surface area contributed by atoms with E-state index in [0.717, 1.165) is 24.8 Å². The predicted octanol–water partition coefficient (Wildman–Crippen LogP) is 5.02. The molecule has 0 bridgehead atoms. The standard InChI is InChI=1S/C25H41NO5/c1-6-9-10-11-12-13-14-15-16-20-17-21(26-19(5)27)18(4)22(24(28)30-7-2)23(20)25(29)31-8-3/h17-18,21H,6-16H2,1-5H3,(H,26,27)/t18-,21-/m0/s1. The van der Waals surface area contributed by atoms with Crippen molar-refractivity contribution in [2.24, 2.45) is 5.92 Å². The lowest BCUT2D eigenvalue weighted by Gasteiger charge is -2.31. The van der Waals surface area contributed by atoms with Gasteiger partial charge in [-0.25, -0.2) is 9.59 Å². The second-order valence-electron chi connectivity index (χ2n) is 8.16. The molecular formula is C25H41NO5. The van der Waals surface area contributed by atoms with Crippen LogP contribution in [0.4, 0.5) is 0 Å². The Morgan fingerprint density at radius 3 is 1.97 bits per heavy atom. The average Bonchev–Trinajstić information content (AvgIpc) is 2.71. The number of unbranched alkanes of at least 4 members (excludes halogenated alkanes) is 7. The first-order chi connectivity index (χ1) is 14.9. The Kier molecular flexibility index (Phi) is 12.9. The SMILES string of the molecule is CCCCCCCCCCC1=C[C@H](NC(C)=O)[C@H](C)C(C(=O)OCC)=C1C(=O)OCC. The Balaban J connectivity index is 3.03. The molecular weight excluding hydrogens is 394 g/mol. The van der Waals surface area contributed by atoms with Crippen LogP contribution in [0.25, 0.3) is 0 Å². The van der Waals surface area contributed by atoms with Crippen LogP contribution in [-0.2, 0) is 23.9 Å². The second-order valence-corrected chi connectivity index (χ2v) is 8.16. The van der Waals surface area contributed by atoms with E-state index in [1.54, 1.807) is 13.8 Å². The van der Waals surface area contributed by atoms with E-state index in [2.05, 4.69) is 12.2 Å². The van der Waals surface area contributed by atoms with Crippen molar-refractivity contribution in [1.29, 1.82) is 0 Å². The molecule has 2 atom stereocenters. The highest BCUT2D eigenvalue weighted by atomic mass is 16.5. The molecule has 0 spiro atoms. The van der Waals surface area contributed by atoms with Gasteiger partial charge < -0.3 is 14.8 Å². The zero-order chi connectivity index (χ0) is 23.2. The van der Waals surface area contributed by atoms with Gasteiger partial charge in [-0.1, -0.05) is 64.9 Å². The minimum absolute atomic E-state index is 0.178. The third kappa shape index (κ3) is 8.88. The Labute approximate surface area is 187 Å². The molecule has 0 aromatic heterocycles. The summed E-state index contributed by atoms with van der Waals surface area (Å²) in [6.45, 7) is 9.42. The Morgan fingerprint density at radius 2 is 1.42 bits per heavy atom. The van der Waals surface area contributed by atoms with Crippen LogP contribution < -0.4 is 5.32 Å². The molecule has 0 unspecified atom stereocenters. The van der Waals surface area contributed by atoms with Crippen molar-refractivity contribution >= 4 is 17.8 Å². The van der Waals surface area contributed by atoms with Crippen molar-refractivity contribution in [2.75, 3.05) is 13.2 Å². The van der Waals surface area contributed by atoms with E-state index in [1.165, 1.54) is 39.0 Å². The Hall–Kier alpha value is -2.11. The fourth-order valence-electron chi connectivity index (χ4n) is 4.02. The second kappa shape index (κ2) is 14.8. The fourth-order valence-corrected chi connectivity index (χ4v) is 4.02. The normalized spacial score (nSPS) is 18.4. The third-order valence-electron chi connectivity index (χ3n) is 5.61. The molecule has 31 heavy (non-hydrogen) atoms. The number of nitrogens with one attached hydrogen (secondary N) is 1. The summed E-state index contributed by atoms with van der Waals surface area (Å²) < 4.78 is 10.5. The van der Waals surface area contributed by atoms with Gasteiger partial charge in [0.05, 0.1) is 30.4 Å². The summed E-state index contributed by atoms with van der Waals surface area (Å²) in [7, 11) is 0. The molecule has 0 saturated heterocycles. The van der Waals surface area contributed by atoms with E-state index >= 15 is 0 Å². The van der Waals surface area contributed by atoms with Gasteiger partial charge in [0.25, 0.3) is 0 Å². The van der Waals surface area contributed by atoms with E-state index < -0.39 is 11.9 Å². The van der Waals surface area contributed by atoms with E-state index in [9.17, 15) is 14.4 Å². The van der Waals surface area contributed by atoms with E-state index in [4.69, 9.17) is 9.47 Å². The average molecular weight is 436 g/mol. The van der Waals surface area contributed by atoms with Crippen LogP contribution in [0.5, 0.6) is 0 Å². The molecule has 1 N–H and O–H groups in total.